The molecule has 0 radical (unpaired) electrons. The molecule has 0 bridgehead atoms. The highest BCUT2D eigenvalue weighted by Crippen LogP contribution is 2.25. The third-order valence-electron chi connectivity index (χ3n) is 4.37. The highest BCUT2D eigenvalue weighted by atomic mass is 16.6. The standard InChI is InChI=1S/C17H26N5O7/c18-10(4-1-5-21-17(19)20)16(27)29-15(26)9-3-2-6-22(7-9)14-13(25)12(24)11(8-23)28-14/h2-3,6-7,10-14,23-25H,1,4-5,8,18H2,(H4,19,20,21)/q+1/t10-,11+,12+,13+,14+/m0/s1. The molecule has 2 heterocycles. The number of aromatic nitrogens is 1. The van der Waals surface area contributed by atoms with Gasteiger partial charge in [0, 0.05) is 12.6 Å². The van der Waals surface area contributed by atoms with Crippen molar-refractivity contribution in [1.29, 1.82) is 5.41 Å². The van der Waals surface area contributed by atoms with Crippen LogP contribution in [0.1, 0.15) is 29.4 Å². The number of nitrogens with zero attached hydrogens (tertiary/aromatic N) is 1. The first kappa shape index (κ1) is 22.6. The molecule has 1 aromatic heterocycles. The van der Waals surface area contributed by atoms with Crippen LogP contribution in [0.3, 0.4) is 0 Å². The van der Waals surface area contributed by atoms with E-state index < -0.39 is 49.1 Å². The van der Waals surface area contributed by atoms with Crippen molar-refractivity contribution in [3.05, 3.63) is 30.1 Å². The fraction of sp³-hybridized carbons (Fsp3) is 0.529. The predicted molar refractivity (Wildman–Crippen MR) is 97.2 cm³/mol. The van der Waals surface area contributed by atoms with Gasteiger partial charge in [-0.3, -0.25) is 5.41 Å². The Balaban J connectivity index is 1.95. The molecule has 5 atom stereocenters. The fourth-order valence-electron chi connectivity index (χ4n) is 2.79. The van der Waals surface area contributed by atoms with Gasteiger partial charge in [-0.1, -0.05) is 0 Å². The first-order valence-corrected chi connectivity index (χ1v) is 8.97. The zero-order valence-corrected chi connectivity index (χ0v) is 15.6. The summed E-state index contributed by atoms with van der Waals surface area (Å²) in [6, 6.07) is 1.85. The van der Waals surface area contributed by atoms with Gasteiger partial charge in [-0.15, -0.1) is 0 Å². The second kappa shape index (κ2) is 10.2. The lowest BCUT2D eigenvalue weighted by Crippen LogP contribution is -2.46. The molecule has 12 heteroatoms. The summed E-state index contributed by atoms with van der Waals surface area (Å²) in [6.45, 7) is -0.126. The van der Waals surface area contributed by atoms with Crippen LogP contribution >= 0.6 is 0 Å². The summed E-state index contributed by atoms with van der Waals surface area (Å²) in [6.07, 6.45) is -1.14. The monoisotopic (exact) mass is 412 g/mol. The molecule has 0 spiro atoms. The minimum Gasteiger partial charge on any atom is -0.394 e. The van der Waals surface area contributed by atoms with Gasteiger partial charge in [0.1, 0.15) is 23.8 Å². The minimum absolute atomic E-state index is 0.00374. The molecule has 12 nitrogen and oxygen atoms in total. The Hall–Kier alpha value is -2.64. The Bertz CT molecular complexity index is 747. The summed E-state index contributed by atoms with van der Waals surface area (Å²) in [5, 5.41) is 38.7. The Morgan fingerprint density at radius 1 is 1.38 bits per heavy atom. The number of rotatable bonds is 8. The number of esters is 2. The normalized spacial score (nSPS) is 24.7. The van der Waals surface area contributed by atoms with Gasteiger partial charge in [0.25, 0.3) is 6.23 Å². The molecule has 1 aliphatic heterocycles. The Morgan fingerprint density at radius 2 is 2.10 bits per heavy atom. The Labute approximate surface area is 166 Å². The van der Waals surface area contributed by atoms with E-state index in [-0.39, 0.29) is 17.9 Å². The molecule has 1 aromatic rings. The first-order chi connectivity index (χ1) is 13.7. The molecule has 9 N–H and O–H groups in total. The molecule has 1 fully saturated rings. The zero-order valence-electron chi connectivity index (χ0n) is 15.6. The Kier molecular flexibility index (Phi) is 7.99. The average Bonchev–Trinajstić information content (AvgIpc) is 2.99. The third-order valence-corrected chi connectivity index (χ3v) is 4.37. The summed E-state index contributed by atoms with van der Waals surface area (Å²) in [5.41, 5.74) is 10.8. The maximum absolute atomic E-state index is 12.3. The van der Waals surface area contributed by atoms with Gasteiger partial charge in [0.15, 0.2) is 24.5 Å². The number of hydrogen-bond acceptors (Lipinski definition) is 9. The van der Waals surface area contributed by atoms with Crippen LogP contribution in [0.5, 0.6) is 0 Å². The van der Waals surface area contributed by atoms with Gasteiger partial charge < -0.3 is 41.6 Å². The van der Waals surface area contributed by atoms with E-state index in [1.54, 1.807) is 0 Å². The van der Waals surface area contributed by atoms with Crippen molar-refractivity contribution in [3.63, 3.8) is 0 Å². The molecule has 2 rings (SSSR count). The van der Waals surface area contributed by atoms with Crippen LogP contribution in [0, 0.1) is 5.41 Å². The lowest BCUT2D eigenvalue weighted by molar-refractivity contribution is -0.765. The van der Waals surface area contributed by atoms with E-state index in [4.69, 9.17) is 31.5 Å². The molecule has 0 aromatic carbocycles. The maximum Gasteiger partial charge on any atom is 0.351 e. The van der Waals surface area contributed by atoms with Crippen LogP contribution in [0.15, 0.2) is 24.5 Å². The second-order valence-electron chi connectivity index (χ2n) is 6.57. The van der Waals surface area contributed by atoms with Crippen molar-refractivity contribution >= 4 is 17.9 Å². The number of hydrogen-bond donors (Lipinski definition) is 7. The third kappa shape index (κ3) is 5.92. The molecule has 0 amide bonds. The first-order valence-electron chi connectivity index (χ1n) is 8.97. The average molecular weight is 412 g/mol. The van der Waals surface area contributed by atoms with Crippen LogP contribution in [0.2, 0.25) is 0 Å². The molecule has 1 aliphatic rings. The highest BCUT2D eigenvalue weighted by molar-refractivity contribution is 5.97. The second-order valence-corrected chi connectivity index (χ2v) is 6.57. The Morgan fingerprint density at radius 3 is 2.72 bits per heavy atom. The molecular weight excluding hydrogens is 386 g/mol. The quantitative estimate of drug-likeness (QED) is 0.0570. The van der Waals surface area contributed by atoms with Gasteiger partial charge >= 0.3 is 11.9 Å². The number of carbonyl (C=O) groups excluding carboxylic acids is 2. The minimum atomic E-state index is -1.32. The van der Waals surface area contributed by atoms with Crippen LogP contribution < -0.4 is 21.4 Å². The number of nitrogens with one attached hydrogen (secondary N) is 2. The number of aliphatic hydroxyl groups excluding tert-OH is 3. The van der Waals surface area contributed by atoms with Gasteiger partial charge in [-0.25, -0.2) is 9.59 Å². The largest absolute Gasteiger partial charge is 0.394 e. The predicted octanol–water partition coefficient (Wildman–Crippen LogP) is -3.14. The van der Waals surface area contributed by atoms with Gasteiger partial charge in [0.05, 0.1) is 6.61 Å². The smallest absolute Gasteiger partial charge is 0.351 e. The maximum atomic E-state index is 12.3. The van der Waals surface area contributed by atoms with E-state index in [1.807, 2.05) is 0 Å². The number of pyridine rings is 1. The molecule has 0 aliphatic carbocycles. The molecule has 1 saturated heterocycles. The van der Waals surface area contributed by atoms with Crippen molar-refractivity contribution in [1.82, 2.24) is 5.32 Å². The number of aliphatic hydroxyl groups is 3. The summed E-state index contributed by atoms with van der Waals surface area (Å²) < 4.78 is 11.5. The molecule has 29 heavy (non-hydrogen) atoms. The van der Waals surface area contributed by atoms with Crippen LogP contribution in [-0.2, 0) is 14.3 Å². The number of nitrogens with two attached hydrogens (primary N) is 2. The van der Waals surface area contributed by atoms with E-state index in [0.717, 1.165) is 0 Å². The summed E-state index contributed by atoms with van der Waals surface area (Å²) in [7, 11) is 0. The van der Waals surface area contributed by atoms with Crippen LogP contribution in [-0.4, -0.2) is 70.7 Å². The number of guanidine groups is 1. The fourth-order valence-corrected chi connectivity index (χ4v) is 2.79. The molecule has 160 valence electrons. The molecular formula is C17H26N5O7+. The van der Waals surface area contributed by atoms with Gasteiger partial charge in [-0.05, 0) is 18.9 Å². The van der Waals surface area contributed by atoms with Crippen LogP contribution in [0.25, 0.3) is 0 Å². The van der Waals surface area contributed by atoms with Gasteiger partial charge in [-0.2, -0.15) is 4.57 Å². The zero-order chi connectivity index (χ0) is 21.6. The lowest BCUT2D eigenvalue weighted by Gasteiger charge is -2.12. The molecule has 0 saturated carbocycles. The van der Waals surface area contributed by atoms with E-state index in [9.17, 15) is 19.8 Å². The van der Waals surface area contributed by atoms with Crippen molar-refractivity contribution in [2.75, 3.05) is 13.2 Å². The van der Waals surface area contributed by atoms with Crippen molar-refractivity contribution < 1.29 is 38.9 Å². The topological polar surface area (TPSA) is 205 Å². The van der Waals surface area contributed by atoms with Crippen molar-refractivity contribution in [3.8, 4) is 0 Å². The van der Waals surface area contributed by atoms with E-state index in [1.165, 1.54) is 29.1 Å². The summed E-state index contributed by atoms with van der Waals surface area (Å²) in [4.78, 5) is 24.2. The molecule has 0 unspecified atom stereocenters. The van der Waals surface area contributed by atoms with Crippen molar-refractivity contribution in [2.24, 2.45) is 11.5 Å². The van der Waals surface area contributed by atoms with Crippen molar-refractivity contribution in [2.45, 2.75) is 43.4 Å². The summed E-state index contributed by atoms with van der Waals surface area (Å²) in [5.74, 6) is -2.03. The SMILES string of the molecule is N=C(N)NCCC[C@H](N)C(=O)OC(=O)c1ccc[n+]([C@@H]2O[C@H](CO)[C@@H](O)[C@H]2O)c1. The van der Waals surface area contributed by atoms with Crippen LogP contribution in [0.4, 0.5) is 0 Å². The number of carbonyl (C=O) groups is 2. The van der Waals surface area contributed by atoms with E-state index in [0.29, 0.717) is 13.0 Å². The van der Waals surface area contributed by atoms with E-state index in [2.05, 4.69) is 5.32 Å². The highest BCUT2D eigenvalue weighted by Gasteiger charge is 2.48. The number of ether oxygens (including phenoxy) is 2. The van der Waals surface area contributed by atoms with Gasteiger partial charge in [0.2, 0.25) is 0 Å². The summed E-state index contributed by atoms with van der Waals surface area (Å²) >= 11 is 0. The van der Waals surface area contributed by atoms with E-state index >= 15 is 0 Å². The lowest BCUT2D eigenvalue weighted by atomic mass is 10.1.